The first kappa shape index (κ1) is 27.4. The number of rotatable bonds is 11. The van der Waals surface area contributed by atoms with Crippen LogP contribution in [0.25, 0.3) is 10.8 Å². The van der Waals surface area contributed by atoms with Crippen molar-refractivity contribution < 1.29 is 14.3 Å². The molecule has 5 nitrogen and oxygen atoms in total. The monoisotopic (exact) mass is 572 g/mol. The first-order valence-corrected chi connectivity index (χ1v) is 13.7. The fourth-order valence-electron chi connectivity index (χ4n) is 4.35. The van der Waals surface area contributed by atoms with Crippen molar-refractivity contribution in [1.29, 1.82) is 0 Å². The SMILES string of the molecule is CC(C)CNC(=O)[C@@H](Cc1ccccc1)N(Cc1cccc(Br)c1)C(=O)COc1cccc2ccccc12. The van der Waals surface area contributed by atoms with Crippen molar-refractivity contribution in [2.75, 3.05) is 13.2 Å². The molecule has 0 fully saturated rings. The molecular weight excluding hydrogens is 540 g/mol. The molecule has 0 bridgehead atoms. The second-order valence-electron chi connectivity index (χ2n) is 9.76. The Bertz CT molecular complexity index is 1370. The van der Waals surface area contributed by atoms with Crippen LogP contribution in [0, 0.1) is 5.92 Å². The van der Waals surface area contributed by atoms with E-state index in [-0.39, 0.29) is 25.0 Å². The number of nitrogens with zero attached hydrogens (tertiary/aromatic N) is 1. The van der Waals surface area contributed by atoms with Gasteiger partial charge < -0.3 is 15.0 Å². The number of hydrogen-bond donors (Lipinski definition) is 1. The molecule has 0 aliphatic heterocycles. The van der Waals surface area contributed by atoms with E-state index < -0.39 is 6.04 Å². The molecule has 0 aliphatic carbocycles. The van der Waals surface area contributed by atoms with Gasteiger partial charge in [-0.05, 0) is 40.6 Å². The van der Waals surface area contributed by atoms with E-state index in [4.69, 9.17) is 4.74 Å². The molecule has 4 aromatic carbocycles. The summed E-state index contributed by atoms with van der Waals surface area (Å²) in [6.07, 6.45) is 0.402. The molecule has 0 aliphatic rings. The van der Waals surface area contributed by atoms with Crippen molar-refractivity contribution in [2.45, 2.75) is 32.9 Å². The lowest BCUT2D eigenvalue weighted by Crippen LogP contribution is -2.52. The third kappa shape index (κ3) is 7.45. The molecule has 4 rings (SSSR count). The molecule has 1 atom stereocenters. The van der Waals surface area contributed by atoms with E-state index in [9.17, 15) is 9.59 Å². The Kier molecular flexibility index (Phi) is 9.55. The van der Waals surface area contributed by atoms with Gasteiger partial charge in [-0.15, -0.1) is 0 Å². The predicted octanol–water partition coefficient (Wildman–Crippen LogP) is 6.39. The minimum absolute atomic E-state index is 0.170. The Hall–Kier alpha value is -3.64. The normalized spacial score (nSPS) is 11.8. The van der Waals surface area contributed by atoms with Gasteiger partial charge in [0.1, 0.15) is 11.8 Å². The molecule has 0 unspecified atom stereocenters. The molecule has 0 aromatic heterocycles. The third-order valence-corrected chi connectivity index (χ3v) is 6.79. The number of benzene rings is 4. The van der Waals surface area contributed by atoms with Gasteiger partial charge in [-0.25, -0.2) is 0 Å². The molecule has 2 amide bonds. The minimum atomic E-state index is -0.696. The van der Waals surface area contributed by atoms with Crippen LogP contribution in [0.4, 0.5) is 0 Å². The molecule has 1 N–H and O–H groups in total. The maximum absolute atomic E-state index is 13.8. The second-order valence-corrected chi connectivity index (χ2v) is 10.7. The van der Waals surface area contributed by atoms with Gasteiger partial charge >= 0.3 is 0 Å². The molecule has 6 heteroatoms. The van der Waals surface area contributed by atoms with Crippen LogP contribution in [-0.2, 0) is 22.6 Å². The number of nitrogens with one attached hydrogen (secondary N) is 1. The molecular formula is C32H33BrN2O3. The summed E-state index contributed by atoms with van der Waals surface area (Å²) < 4.78 is 6.98. The summed E-state index contributed by atoms with van der Waals surface area (Å²) in [7, 11) is 0. The Labute approximate surface area is 232 Å². The molecule has 0 saturated heterocycles. The largest absolute Gasteiger partial charge is 0.483 e. The highest BCUT2D eigenvalue weighted by molar-refractivity contribution is 9.10. The zero-order chi connectivity index (χ0) is 26.9. The van der Waals surface area contributed by atoms with Gasteiger partial charge in [0, 0.05) is 29.4 Å². The van der Waals surface area contributed by atoms with E-state index in [0.717, 1.165) is 26.4 Å². The highest BCUT2D eigenvalue weighted by Crippen LogP contribution is 2.25. The van der Waals surface area contributed by atoms with Crippen LogP contribution in [0.15, 0.2) is 102 Å². The number of halogens is 1. The summed E-state index contributed by atoms with van der Waals surface area (Å²) in [5.41, 5.74) is 1.91. The number of ether oxygens (including phenoxy) is 1. The molecule has 0 radical (unpaired) electrons. The molecule has 0 saturated carbocycles. The van der Waals surface area contributed by atoms with Gasteiger partial charge in [0.15, 0.2) is 6.61 Å². The summed E-state index contributed by atoms with van der Waals surface area (Å²) in [6, 6.07) is 30.6. The maximum atomic E-state index is 13.8. The molecule has 38 heavy (non-hydrogen) atoms. The van der Waals surface area contributed by atoms with E-state index in [1.54, 1.807) is 4.90 Å². The van der Waals surface area contributed by atoms with Crippen LogP contribution in [0.5, 0.6) is 5.75 Å². The maximum Gasteiger partial charge on any atom is 0.261 e. The van der Waals surface area contributed by atoms with Crippen molar-refractivity contribution in [3.05, 3.63) is 113 Å². The summed E-state index contributed by atoms with van der Waals surface area (Å²) in [5.74, 6) is 0.512. The van der Waals surface area contributed by atoms with Crippen LogP contribution >= 0.6 is 15.9 Å². The lowest BCUT2D eigenvalue weighted by atomic mass is 10.0. The number of carbonyl (C=O) groups is 2. The smallest absolute Gasteiger partial charge is 0.261 e. The zero-order valence-corrected chi connectivity index (χ0v) is 23.4. The average Bonchev–Trinajstić information content (AvgIpc) is 2.93. The highest BCUT2D eigenvalue weighted by Gasteiger charge is 2.31. The number of carbonyl (C=O) groups excluding carboxylic acids is 2. The van der Waals surface area contributed by atoms with Gasteiger partial charge in [0.25, 0.3) is 5.91 Å². The van der Waals surface area contributed by atoms with Gasteiger partial charge in [-0.1, -0.05) is 109 Å². The van der Waals surface area contributed by atoms with E-state index in [2.05, 4.69) is 35.1 Å². The molecule has 4 aromatic rings. The van der Waals surface area contributed by atoms with Crippen LogP contribution in [0.1, 0.15) is 25.0 Å². The molecule has 196 valence electrons. The molecule has 0 heterocycles. The van der Waals surface area contributed by atoms with Crippen molar-refractivity contribution in [2.24, 2.45) is 5.92 Å². The third-order valence-electron chi connectivity index (χ3n) is 6.30. The highest BCUT2D eigenvalue weighted by atomic mass is 79.9. The van der Waals surface area contributed by atoms with Crippen molar-refractivity contribution in [1.82, 2.24) is 10.2 Å². The lowest BCUT2D eigenvalue weighted by Gasteiger charge is -2.32. The van der Waals surface area contributed by atoms with Gasteiger partial charge in [-0.3, -0.25) is 9.59 Å². The van der Waals surface area contributed by atoms with E-state index in [1.165, 1.54) is 0 Å². The van der Waals surface area contributed by atoms with E-state index in [0.29, 0.717) is 24.6 Å². The Balaban J connectivity index is 1.64. The number of amides is 2. The summed E-state index contributed by atoms with van der Waals surface area (Å²) >= 11 is 3.53. The van der Waals surface area contributed by atoms with Crippen LogP contribution in [-0.4, -0.2) is 35.9 Å². The quantitative estimate of drug-likeness (QED) is 0.226. The topological polar surface area (TPSA) is 58.6 Å². The minimum Gasteiger partial charge on any atom is -0.483 e. The van der Waals surface area contributed by atoms with Crippen molar-refractivity contribution >= 4 is 38.5 Å². The summed E-state index contributed by atoms with van der Waals surface area (Å²) in [5, 5.41) is 5.03. The summed E-state index contributed by atoms with van der Waals surface area (Å²) in [4.78, 5) is 29.0. The van der Waals surface area contributed by atoms with Crippen molar-refractivity contribution in [3.8, 4) is 5.75 Å². The number of hydrogen-bond acceptors (Lipinski definition) is 3. The van der Waals surface area contributed by atoms with Crippen LogP contribution in [0.2, 0.25) is 0 Å². The van der Waals surface area contributed by atoms with E-state index in [1.807, 2.05) is 97.1 Å². The molecule has 0 spiro atoms. The average molecular weight is 574 g/mol. The van der Waals surface area contributed by atoms with Crippen LogP contribution < -0.4 is 10.1 Å². The fraction of sp³-hybridized carbons (Fsp3) is 0.250. The predicted molar refractivity (Wildman–Crippen MR) is 156 cm³/mol. The Morgan fingerprint density at radius 2 is 1.55 bits per heavy atom. The van der Waals surface area contributed by atoms with Crippen molar-refractivity contribution in [3.63, 3.8) is 0 Å². The van der Waals surface area contributed by atoms with E-state index >= 15 is 0 Å². The van der Waals surface area contributed by atoms with Gasteiger partial charge in [0.05, 0.1) is 0 Å². The van der Waals surface area contributed by atoms with Gasteiger partial charge in [-0.2, -0.15) is 0 Å². The second kappa shape index (κ2) is 13.2. The Morgan fingerprint density at radius 1 is 0.868 bits per heavy atom. The first-order chi connectivity index (χ1) is 18.4. The lowest BCUT2D eigenvalue weighted by molar-refractivity contribution is -0.142. The number of fused-ring (bicyclic) bond motifs is 1. The van der Waals surface area contributed by atoms with Crippen LogP contribution in [0.3, 0.4) is 0 Å². The van der Waals surface area contributed by atoms with Gasteiger partial charge in [0.2, 0.25) is 5.91 Å². The first-order valence-electron chi connectivity index (χ1n) is 12.9. The fourth-order valence-corrected chi connectivity index (χ4v) is 4.80. The Morgan fingerprint density at radius 3 is 2.32 bits per heavy atom. The summed E-state index contributed by atoms with van der Waals surface area (Å²) in [6.45, 7) is 4.74. The zero-order valence-electron chi connectivity index (χ0n) is 21.8. The standard InChI is InChI=1S/C32H33BrN2O3/c1-23(2)20-34-32(37)29(19-24-10-4-3-5-11-24)35(21-25-12-8-15-27(33)18-25)31(36)22-38-30-17-9-14-26-13-6-7-16-28(26)30/h3-18,23,29H,19-22H2,1-2H3,(H,34,37)/t29-/m1/s1.